The molecule has 0 bridgehead atoms. The summed E-state index contributed by atoms with van der Waals surface area (Å²) in [6, 6.07) is 10.6. The third-order valence-corrected chi connectivity index (χ3v) is 6.84. The summed E-state index contributed by atoms with van der Waals surface area (Å²) in [6.07, 6.45) is 4.15. The van der Waals surface area contributed by atoms with Gasteiger partial charge in [-0.2, -0.15) is 5.26 Å². The lowest BCUT2D eigenvalue weighted by molar-refractivity contribution is -0.123. The zero-order valence-corrected chi connectivity index (χ0v) is 15.9. The van der Waals surface area contributed by atoms with Crippen LogP contribution >= 0.6 is 11.3 Å². The summed E-state index contributed by atoms with van der Waals surface area (Å²) < 4.78 is 1.25. The molecule has 1 aromatic carbocycles. The lowest BCUT2D eigenvalue weighted by Crippen LogP contribution is -2.51. The Labute approximate surface area is 158 Å². The Bertz CT molecular complexity index is 812. The highest BCUT2D eigenvalue weighted by Crippen LogP contribution is 2.39. The molecule has 1 saturated carbocycles. The van der Waals surface area contributed by atoms with Crippen LogP contribution < -0.4 is 5.32 Å². The molecular formula is C20H24N4OS. The molecule has 1 N–H and O–H groups in total. The Kier molecular flexibility index (Phi) is 4.68. The molecule has 1 atom stereocenters. The second-order valence-corrected chi connectivity index (χ2v) is 8.77. The Morgan fingerprint density at radius 1 is 1.35 bits per heavy atom. The molecule has 0 radical (unpaired) electrons. The average molecular weight is 369 g/mol. The van der Waals surface area contributed by atoms with E-state index in [1.165, 1.54) is 9.71 Å². The minimum atomic E-state index is -0.698. The summed E-state index contributed by atoms with van der Waals surface area (Å²) >= 11 is 1.79. The molecule has 136 valence electrons. The Balaban J connectivity index is 1.31. The van der Waals surface area contributed by atoms with Gasteiger partial charge < -0.3 is 5.32 Å². The SMILES string of the molecule is C[C@@](C#N)(NC(=O)CN1CCC(c2nc3ccccc3s2)CC1)C1CC1. The average Bonchev–Trinajstić information content (AvgIpc) is 3.42. The molecule has 5 nitrogen and oxygen atoms in total. The number of nitrogens with one attached hydrogen (secondary N) is 1. The third kappa shape index (κ3) is 3.60. The van der Waals surface area contributed by atoms with Gasteiger partial charge in [-0.1, -0.05) is 12.1 Å². The van der Waals surface area contributed by atoms with Crippen LogP contribution in [0.1, 0.15) is 43.5 Å². The first-order valence-electron chi connectivity index (χ1n) is 9.37. The zero-order valence-electron chi connectivity index (χ0n) is 15.1. The summed E-state index contributed by atoms with van der Waals surface area (Å²) in [4.78, 5) is 19.4. The maximum absolute atomic E-state index is 12.4. The summed E-state index contributed by atoms with van der Waals surface area (Å²) in [5.74, 6) is 0.781. The fourth-order valence-corrected chi connectivity index (χ4v) is 4.95. The van der Waals surface area contributed by atoms with Crippen molar-refractivity contribution in [3.05, 3.63) is 29.3 Å². The number of hydrogen-bond acceptors (Lipinski definition) is 5. The first kappa shape index (κ1) is 17.4. The van der Waals surface area contributed by atoms with Crippen LogP contribution in [0.25, 0.3) is 10.2 Å². The van der Waals surface area contributed by atoms with Gasteiger partial charge in [-0.25, -0.2) is 4.98 Å². The maximum Gasteiger partial charge on any atom is 0.235 e. The molecule has 1 aliphatic carbocycles. The number of benzene rings is 1. The van der Waals surface area contributed by atoms with Crippen molar-refractivity contribution in [2.75, 3.05) is 19.6 Å². The van der Waals surface area contributed by atoms with Gasteiger partial charge in [0.15, 0.2) is 0 Å². The molecule has 2 aliphatic rings. The van der Waals surface area contributed by atoms with Crippen LogP contribution in [0.2, 0.25) is 0 Å². The first-order valence-corrected chi connectivity index (χ1v) is 10.2. The molecule has 26 heavy (non-hydrogen) atoms. The number of thiazole rings is 1. The van der Waals surface area contributed by atoms with Crippen LogP contribution in [0.5, 0.6) is 0 Å². The van der Waals surface area contributed by atoms with Gasteiger partial charge in [-0.15, -0.1) is 11.3 Å². The van der Waals surface area contributed by atoms with Crippen LogP contribution in [0.3, 0.4) is 0 Å². The van der Waals surface area contributed by atoms with Crippen molar-refractivity contribution in [2.24, 2.45) is 5.92 Å². The number of amides is 1. The lowest BCUT2D eigenvalue weighted by atomic mass is 9.96. The van der Waals surface area contributed by atoms with Crippen molar-refractivity contribution >= 4 is 27.5 Å². The molecule has 1 saturated heterocycles. The first-order chi connectivity index (χ1) is 12.6. The minimum absolute atomic E-state index is 0.0283. The molecule has 1 amide bonds. The van der Waals surface area contributed by atoms with Crippen molar-refractivity contribution in [1.29, 1.82) is 5.26 Å². The van der Waals surface area contributed by atoms with Crippen molar-refractivity contribution in [3.8, 4) is 6.07 Å². The number of nitrogens with zero attached hydrogens (tertiary/aromatic N) is 3. The molecule has 6 heteroatoms. The highest BCUT2D eigenvalue weighted by atomic mass is 32.1. The smallest absolute Gasteiger partial charge is 0.235 e. The topological polar surface area (TPSA) is 69.0 Å². The van der Waals surface area contributed by atoms with E-state index in [9.17, 15) is 10.1 Å². The summed E-state index contributed by atoms with van der Waals surface area (Å²) in [5, 5.41) is 13.6. The van der Waals surface area contributed by atoms with E-state index >= 15 is 0 Å². The number of nitriles is 1. The number of rotatable bonds is 5. The number of aromatic nitrogens is 1. The largest absolute Gasteiger partial charge is 0.337 e. The predicted molar refractivity (Wildman–Crippen MR) is 103 cm³/mol. The normalized spacial score (nSPS) is 21.2. The van der Waals surface area contributed by atoms with Gasteiger partial charge in [0.1, 0.15) is 5.54 Å². The number of fused-ring (bicyclic) bond motifs is 1. The van der Waals surface area contributed by atoms with Crippen LogP contribution in [0.15, 0.2) is 24.3 Å². The predicted octanol–water partition coefficient (Wildman–Crippen LogP) is 3.28. The molecule has 2 aromatic rings. The van der Waals surface area contributed by atoms with Crippen molar-refractivity contribution in [3.63, 3.8) is 0 Å². The standard InChI is InChI=1S/C20H24N4OS/c1-20(13-21,15-6-7-15)23-18(25)12-24-10-8-14(9-11-24)19-22-16-4-2-3-5-17(16)26-19/h2-5,14-15H,6-12H2,1H3,(H,23,25)/t20-/m0/s1. The zero-order chi connectivity index (χ0) is 18.1. The van der Waals surface area contributed by atoms with Gasteiger partial charge in [0, 0.05) is 5.92 Å². The fourth-order valence-electron chi connectivity index (χ4n) is 3.82. The molecule has 1 aliphatic heterocycles. The van der Waals surface area contributed by atoms with Crippen LogP contribution in [-0.2, 0) is 4.79 Å². The highest BCUT2D eigenvalue weighted by molar-refractivity contribution is 7.18. The highest BCUT2D eigenvalue weighted by Gasteiger charge is 2.43. The summed E-state index contributed by atoms with van der Waals surface area (Å²) in [5.41, 5.74) is 0.390. The van der Waals surface area contributed by atoms with E-state index in [1.807, 2.05) is 13.0 Å². The molecule has 0 spiro atoms. The van der Waals surface area contributed by atoms with Crippen LogP contribution in [0, 0.1) is 17.2 Å². The molecule has 1 aromatic heterocycles. The van der Waals surface area contributed by atoms with Gasteiger partial charge in [-0.05, 0) is 63.7 Å². The van der Waals surface area contributed by atoms with Crippen molar-refractivity contribution in [2.45, 2.75) is 44.1 Å². The van der Waals surface area contributed by atoms with E-state index in [1.54, 1.807) is 11.3 Å². The number of likely N-dealkylation sites (tertiary alicyclic amines) is 1. The molecule has 2 heterocycles. The van der Waals surface area contributed by atoms with Gasteiger partial charge in [0.2, 0.25) is 5.91 Å². The minimum Gasteiger partial charge on any atom is -0.337 e. The van der Waals surface area contributed by atoms with Gasteiger partial charge in [0.25, 0.3) is 0 Å². The quantitative estimate of drug-likeness (QED) is 0.879. The van der Waals surface area contributed by atoms with E-state index < -0.39 is 5.54 Å². The van der Waals surface area contributed by atoms with Crippen LogP contribution in [0.4, 0.5) is 0 Å². The number of piperidine rings is 1. The van der Waals surface area contributed by atoms with E-state index in [4.69, 9.17) is 4.98 Å². The Hall–Kier alpha value is -1.97. The third-order valence-electron chi connectivity index (χ3n) is 5.64. The second kappa shape index (κ2) is 6.98. The van der Waals surface area contributed by atoms with Gasteiger partial charge in [-0.3, -0.25) is 9.69 Å². The molecule has 0 unspecified atom stereocenters. The maximum atomic E-state index is 12.4. The van der Waals surface area contributed by atoms with E-state index in [0.29, 0.717) is 18.4 Å². The second-order valence-electron chi connectivity index (χ2n) is 7.71. The fraction of sp³-hybridized carbons (Fsp3) is 0.550. The lowest BCUT2D eigenvalue weighted by Gasteiger charge is -2.31. The summed E-state index contributed by atoms with van der Waals surface area (Å²) in [6.45, 7) is 4.04. The number of carbonyl (C=O) groups is 1. The van der Waals surface area contributed by atoms with E-state index in [-0.39, 0.29) is 5.91 Å². The van der Waals surface area contributed by atoms with Gasteiger partial charge >= 0.3 is 0 Å². The Morgan fingerprint density at radius 3 is 2.73 bits per heavy atom. The van der Waals surface area contributed by atoms with E-state index in [2.05, 4.69) is 34.5 Å². The molecule has 4 rings (SSSR count). The monoisotopic (exact) mass is 368 g/mol. The molecule has 2 fully saturated rings. The van der Waals surface area contributed by atoms with Gasteiger partial charge in [0.05, 0.1) is 27.8 Å². The Morgan fingerprint density at radius 2 is 2.08 bits per heavy atom. The van der Waals surface area contributed by atoms with Crippen molar-refractivity contribution < 1.29 is 4.79 Å². The molecular weight excluding hydrogens is 344 g/mol. The number of hydrogen-bond donors (Lipinski definition) is 1. The van der Waals surface area contributed by atoms with E-state index in [0.717, 1.165) is 44.3 Å². The number of para-hydroxylation sites is 1. The van der Waals surface area contributed by atoms with Crippen molar-refractivity contribution in [1.82, 2.24) is 15.2 Å². The number of carbonyl (C=O) groups excluding carboxylic acids is 1. The van der Waals surface area contributed by atoms with Crippen LogP contribution in [-0.4, -0.2) is 41.0 Å². The summed E-state index contributed by atoms with van der Waals surface area (Å²) in [7, 11) is 0.